The number of hydrogen-bond acceptors (Lipinski definition) is 5. The highest BCUT2D eigenvalue weighted by molar-refractivity contribution is 7.12. The topological polar surface area (TPSA) is 83.8 Å². The number of nitrogens with zero attached hydrogens (tertiary/aromatic N) is 1. The van der Waals surface area contributed by atoms with E-state index in [0.29, 0.717) is 11.7 Å². The van der Waals surface area contributed by atoms with Crippen molar-refractivity contribution in [2.45, 2.75) is 45.4 Å². The van der Waals surface area contributed by atoms with Crippen LogP contribution in [0.4, 0.5) is 11.8 Å². The van der Waals surface area contributed by atoms with Gasteiger partial charge in [0.15, 0.2) is 0 Å². The number of hydrogen-bond donors (Lipinski definition) is 3. The van der Waals surface area contributed by atoms with E-state index < -0.39 is 0 Å². The van der Waals surface area contributed by atoms with Crippen molar-refractivity contribution in [3.8, 4) is 0 Å². The number of rotatable bonds is 3. The van der Waals surface area contributed by atoms with E-state index in [2.05, 4.69) is 48.2 Å². The Morgan fingerprint density at radius 3 is 2.87 bits per heavy atom. The summed E-state index contributed by atoms with van der Waals surface area (Å²) in [6, 6.07) is 4.48. The summed E-state index contributed by atoms with van der Waals surface area (Å²) < 4.78 is 0. The van der Waals surface area contributed by atoms with Crippen LogP contribution < -0.4 is 16.6 Å². The van der Waals surface area contributed by atoms with Gasteiger partial charge in [-0.3, -0.25) is 9.78 Å². The number of aromatic nitrogens is 2. The van der Waals surface area contributed by atoms with Gasteiger partial charge in [0.25, 0.3) is 5.56 Å². The van der Waals surface area contributed by atoms with Crippen molar-refractivity contribution in [1.29, 1.82) is 0 Å². The molecular weight excluding hydrogens is 308 g/mol. The summed E-state index contributed by atoms with van der Waals surface area (Å²) in [5, 5.41) is 3.25. The predicted octanol–water partition coefficient (Wildman–Crippen LogP) is 2.93. The van der Waals surface area contributed by atoms with Gasteiger partial charge in [-0.25, -0.2) is 0 Å². The van der Waals surface area contributed by atoms with E-state index in [1.165, 1.54) is 9.75 Å². The summed E-state index contributed by atoms with van der Waals surface area (Å²) in [7, 11) is 0. The third-order valence-electron chi connectivity index (χ3n) is 4.28. The van der Waals surface area contributed by atoms with E-state index >= 15 is 0 Å². The van der Waals surface area contributed by atoms with Crippen LogP contribution in [0.25, 0.3) is 0 Å². The minimum atomic E-state index is -0.115. The number of nitrogens with one attached hydrogen (secondary N) is 2. The molecule has 2 aromatic rings. The van der Waals surface area contributed by atoms with Crippen LogP contribution in [-0.2, 0) is 18.3 Å². The van der Waals surface area contributed by atoms with Crippen LogP contribution in [0.3, 0.4) is 0 Å². The smallest absolute Gasteiger partial charge is 0.257 e. The molecule has 124 valence electrons. The molecule has 0 unspecified atom stereocenters. The summed E-state index contributed by atoms with van der Waals surface area (Å²) in [6.07, 6.45) is 2.89. The number of nitrogen functional groups attached to an aromatic ring is 1. The first kappa shape index (κ1) is 16.1. The van der Waals surface area contributed by atoms with Gasteiger partial charge in [-0.05, 0) is 42.7 Å². The number of anilines is 2. The second-order valence-corrected chi connectivity index (χ2v) is 8.45. The number of H-pyrrole nitrogens is 1. The van der Waals surface area contributed by atoms with E-state index in [4.69, 9.17) is 5.73 Å². The Bertz CT molecular complexity index is 757. The van der Waals surface area contributed by atoms with Gasteiger partial charge >= 0.3 is 0 Å². The first-order chi connectivity index (χ1) is 10.8. The number of aryl methyl sites for hydroxylation is 1. The van der Waals surface area contributed by atoms with Crippen LogP contribution in [0.15, 0.2) is 16.9 Å². The Hall–Kier alpha value is -1.82. The molecule has 1 aliphatic heterocycles. The van der Waals surface area contributed by atoms with Crippen molar-refractivity contribution in [3.05, 3.63) is 37.8 Å². The molecule has 0 amide bonds. The third-order valence-corrected chi connectivity index (χ3v) is 5.86. The van der Waals surface area contributed by atoms with Gasteiger partial charge in [-0.15, -0.1) is 11.3 Å². The minimum Gasteiger partial charge on any atom is -0.369 e. The Morgan fingerprint density at radius 2 is 2.17 bits per heavy atom. The molecule has 2 aromatic heterocycles. The monoisotopic (exact) mass is 332 g/mol. The first-order valence-electron chi connectivity index (χ1n) is 8.04. The number of nitrogens with two attached hydrogens (primary N) is 1. The summed E-state index contributed by atoms with van der Waals surface area (Å²) in [6.45, 7) is 7.58. The largest absolute Gasteiger partial charge is 0.369 e. The van der Waals surface area contributed by atoms with E-state index in [1.54, 1.807) is 0 Å². The molecule has 0 saturated carbocycles. The SMILES string of the molecule is CC(C)(C)c1ccc(CC[C@H]2CNc3nc(N)[nH]c(=O)c3C2)s1. The van der Waals surface area contributed by atoms with Crippen molar-refractivity contribution in [1.82, 2.24) is 9.97 Å². The second-order valence-electron chi connectivity index (χ2n) is 7.28. The average molecular weight is 332 g/mol. The Labute approximate surface area is 140 Å². The fourth-order valence-electron chi connectivity index (χ4n) is 2.92. The average Bonchev–Trinajstić information content (AvgIpc) is 2.94. The molecule has 0 fully saturated rings. The highest BCUT2D eigenvalue weighted by atomic mass is 32.1. The normalized spacial score (nSPS) is 17.6. The number of fused-ring (bicyclic) bond motifs is 1. The summed E-state index contributed by atoms with van der Waals surface area (Å²) >= 11 is 1.90. The molecule has 0 saturated heterocycles. The highest BCUT2D eigenvalue weighted by Gasteiger charge is 2.23. The molecule has 5 nitrogen and oxygen atoms in total. The quantitative estimate of drug-likeness (QED) is 0.807. The number of thiophene rings is 1. The van der Waals surface area contributed by atoms with Crippen molar-refractivity contribution in [3.63, 3.8) is 0 Å². The summed E-state index contributed by atoms with van der Waals surface area (Å²) in [5.41, 5.74) is 6.42. The van der Waals surface area contributed by atoms with E-state index in [-0.39, 0.29) is 16.9 Å². The fraction of sp³-hybridized carbons (Fsp3) is 0.529. The molecule has 0 aliphatic carbocycles. The summed E-state index contributed by atoms with van der Waals surface area (Å²) in [4.78, 5) is 21.6. The van der Waals surface area contributed by atoms with Gasteiger partial charge in [-0.2, -0.15) is 4.98 Å². The van der Waals surface area contributed by atoms with Crippen molar-refractivity contribution in [2.24, 2.45) is 5.92 Å². The molecule has 6 heteroatoms. The highest BCUT2D eigenvalue weighted by Crippen LogP contribution is 2.31. The summed E-state index contributed by atoms with van der Waals surface area (Å²) in [5.74, 6) is 1.27. The molecule has 3 heterocycles. The van der Waals surface area contributed by atoms with Crippen LogP contribution in [0.2, 0.25) is 0 Å². The van der Waals surface area contributed by atoms with Crippen molar-refractivity contribution in [2.75, 3.05) is 17.6 Å². The van der Waals surface area contributed by atoms with Gasteiger partial charge in [0, 0.05) is 16.3 Å². The van der Waals surface area contributed by atoms with E-state index in [0.717, 1.165) is 31.4 Å². The molecule has 1 atom stereocenters. The molecule has 0 radical (unpaired) electrons. The van der Waals surface area contributed by atoms with Crippen LogP contribution in [0.1, 0.15) is 42.5 Å². The Kier molecular flexibility index (Phi) is 4.19. The van der Waals surface area contributed by atoms with Gasteiger partial charge < -0.3 is 11.1 Å². The standard InChI is InChI=1S/C17H24N4OS/c1-17(2,3)13-7-6-11(23-13)5-4-10-8-12-14(19-9-10)20-16(18)21-15(12)22/h6-7,10H,4-5,8-9H2,1-3H3,(H4,18,19,20,21,22)/t10-/m1/s1. The zero-order valence-electron chi connectivity index (χ0n) is 13.9. The molecule has 23 heavy (non-hydrogen) atoms. The fourth-order valence-corrected chi connectivity index (χ4v) is 4.00. The van der Waals surface area contributed by atoms with Crippen LogP contribution in [0, 0.1) is 5.92 Å². The van der Waals surface area contributed by atoms with Crippen molar-refractivity contribution >= 4 is 23.1 Å². The maximum absolute atomic E-state index is 12.0. The van der Waals surface area contributed by atoms with E-state index in [1.807, 2.05) is 11.3 Å². The molecule has 3 rings (SSSR count). The van der Waals surface area contributed by atoms with Gasteiger partial charge in [0.1, 0.15) is 5.82 Å². The Morgan fingerprint density at radius 1 is 1.39 bits per heavy atom. The zero-order valence-corrected chi connectivity index (χ0v) is 14.7. The maximum atomic E-state index is 12.0. The second kappa shape index (κ2) is 6.00. The van der Waals surface area contributed by atoms with Crippen LogP contribution in [0.5, 0.6) is 0 Å². The maximum Gasteiger partial charge on any atom is 0.257 e. The molecule has 0 spiro atoms. The lowest BCUT2D eigenvalue weighted by molar-refractivity contribution is 0.493. The lowest BCUT2D eigenvalue weighted by Crippen LogP contribution is -2.30. The molecule has 0 aromatic carbocycles. The molecule has 0 bridgehead atoms. The molecular formula is C17H24N4OS. The van der Waals surface area contributed by atoms with Gasteiger partial charge in [0.2, 0.25) is 5.95 Å². The minimum absolute atomic E-state index is 0.115. The van der Waals surface area contributed by atoms with Gasteiger partial charge in [0.05, 0.1) is 5.56 Å². The van der Waals surface area contributed by atoms with Gasteiger partial charge in [-0.1, -0.05) is 20.8 Å². The van der Waals surface area contributed by atoms with Crippen LogP contribution >= 0.6 is 11.3 Å². The Balaban J connectivity index is 1.64. The lowest BCUT2D eigenvalue weighted by Gasteiger charge is -2.24. The lowest BCUT2D eigenvalue weighted by atomic mass is 9.92. The first-order valence-corrected chi connectivity index (χ1v) is 8.86. The van der Waals surface area contributed by atoms with Crippen LogP contribution in [-0.4, -0.2) is 16.5 Å². The van der Waals surface area contributed by atoms with Crippen molar-refractivity contribution < 1.29 is 0 Å². The third kappa shape index (κ3) is 3.58. The molecule has 1 aliphatic rings. The zero-order chi connectivity index (χ0) is 16.6. The number of aromatic amines is 1. The van der Waals surface area contributed by atoms with E-state index in [9.17, 15) is 4.79 Å². The molecule has 4 N–H and O–H groups in total. The predicted molar refractivity (Wildman–Crippen MR) is 96.3 cm³/mol.